The molecule has 1 nitrogen and oxygen atoms in total. The van der Waals surface area contributed by atoms with Crippen molar-refractivity contribution < 1.29 is 4.74 Å². The third-order valence-electron chi connectivity index (χ3n) is 2.18. The molecule has 0 aromatic heterocycles. The van der Waals surface area contributed by atoms with E-state index in [1.54, 1.807) is 19.3 Å². The minimum atomic E-state index is 0.0462. The van der Waals surface area contributed by atoms with Gasteiger partial charge in [0.1, 0.15) is 5.75 Å². The summed E-state index contributed by atoms with van der Waals surface area (Å²) in [5, 5.41) is 0. The van der Waals surface area contributed by atoms with Gasteiger partial charge in [0.25, 0.3) is 0 Å². The minimum absolute atomic E-state index is 0.0462. The van der Waals surface area contributed by atoms with Crippen LogP contribution in [0.4, 0.5) is 0 Å². The number of methoxy groups -OCH3 is 1. The molecule has 0 aliphatic rings. The zero-order chi connectivity index (χ0) is 10.6. The van der Waals surface area contributed by atoms with Gasteiger partial charge in [0.2, 0.25) is 0 Å². The summed E-state index contributed by atoms with van der Waals surface area (Å²) in [6.45, 7) is 11.4. The Morgan fingerprint density at radius 1 is 1.36 bits per heavy atom. The molecule has 1 aromatic rings. The van der Waals surface area contributed by atoms with Crippen molar-refractivity contribution in [1.82, 2.24) is 0 Å². The maximum absolute atomic E-state index is 5.33. The average molecular weight is 187 g/mol. The first-order valence-electron chi connectivity index (χ1n) is 4.49. The minimum Gasteiger partial charge on any atom is -0.496 e. The Labute approximate surface area is 85.7 Å². The van der Waals surface area contributed by atoms with E-state index in [1.807, 2.05) is 18.2 Å². The number of para-hydroxylation sites is 1. The van der Waals surface area contributed by atoms with Gasteiger partial charge in [-0.25, -0.2) is 0 Å². The van der Waals surface area contributed by atoms with Crippen molar-refractivity contribution in [3.05, 3.63) is 55.5 Å². The monoisotopic (exact) mass is 187 g/mol. The van der Waals surface area contributed by atoms with E-state index in [2.05, 4.69) is 20.1 Å². The van der Waals surface area contributed by atoms with Gasteiger partial charge < -0.3 is 4.74 Å². The fourth-order valence-corrected chi connectivity index (χ4v) is 1.39. The Morgan fingerprint density at radius 2 is 2.07 bits per heavy atom. The molecule has 73 valence electrons. The van der Waals surface area contributed by atoms with Crippen molar-refractivity contribution in [2.24, 2.45) is 0 Å². The van der Waals surface area contributed by atoms with Crippen LogP contribution in [0, 0.1) is 6.92 Å². The van der Waals surface area contributed by atoms with Gasteiger partial charge >= 0.3 is 0 Å². The molecule has 0 aliphatic carbocycles. The van der Waals surface area contributed by atoms with Gasteiger partial charge in [0.05, 0.1) is 7.11 Å². The van der Waals surface area contributed by atoms with Gasteiger partial charge in [-0.05, 0) is 6.92 Å². The summed E-state index contributed by atoms with van der Waals surface area (Å²) >= 11 is 0. The molecule has 14 heavy (non-hydrogen) atoms. The van der Waals surface area contributed by atoms with E-state index in [-0.39, 0.29) is 5.92 Å². The van der Waals surface area contributed by atoms with E-state index in [9.17, 15) is 0 Å². The van der Waals surface area contributed by atoms with Gasteiger partial charge in [-0.3, -0.25) is 0 Å². The van der Waals surface area contributed by atoms with Crippen molar-refractivity contribution in [2.75, 3.05) is 7.11 Å². The summed E-state index contributed by atoms with van der Waals surface area (Å²) in [7, 11) is 1.65. The molecule has 1 aromatic carbocycles. The highest BCUT2D eigenvalue weighted by Gasteiger charge is 2.10. The van der Waals surface area contributed by atoms with E-state index < -0.39 is 0 Å². The lowest BCUT2D eigenvalue weighted by molar-refractivity contribution is 0.408. The largest absolute Gasteiger partial charge is 0.496 e. The quantitative estimate of drug-likeness (QED) is 0.656. The zero-order valence-corrected chi connectivity index (χ0v) is 8.49. The molecular formula is C13H15O. The Kier molecular flexibility index (Phi) is 3.52. The van der Waals surface area contributed by atoms with Crippen LogP contribution >= 0.6 is 0 Å². The summed E-state index contributed by atoms with van der Waals surface area (Å²) in [5.41, 5.74) is 2.03. The van der Waals surface area contributed by atoms with E-state index in [1.165, 1.54) is 0 Å². The van der Waals surface area contributed by atoms with Crippen LogP contribution in [0.1, 0.15) is 17.0 Å². The summed E-state index contributed by atoms with van der Waals surface area (Å²) in [5.74, 6) is 0.882. The molecule has 0 saturated heterocycles. The van der Waals surface area contributed by atoms with Gasteiger partial charge in [0.15, 0.2) is 0 Å². The second kappa shape index (κ2) is 4.66. The molecule has 0 N–H and O–H groups in total. The normalized spacial score (nSPS) is 11.9. The van der Waals surface area contributed by atoms with Crippen LogP contribution in [0.2, 0.25) is 0 Å². The molecule has 1 rings (SSSR count). The van der Waals surface area contributed by atoms with E-state index >= 15 is 0 Å². The van der Waals surface area contributed by atoms with Crippen LogP contribution in [0.25, 0.3) is 6.08 Å². The predicted octanol–water partition coefficient (Wildman–Crippen LogP) is 3.44. The van der Waals surface area contributed by atoms with Crippen LogP contribution in [0.3, 0.4) is 0 Å². The third-order valence-corrected chi connectivity index (χ3v) is 2.18. The summed E-state index contributed by atoms with van der Waals surface area (Å²) in [6, 6.07) is 5.92. The van der Waals surface area contributed by atoms with Crippen molar-refractivity contribution in [3.63, 3.8) is 0 Å². The SMILES string of the molecule is [CH2]C(C=C)c1cccc(C=C)c1OC. The molecule has 0 aliphatic heterocycles. The van der Waals surface area contributed by atoms with Crippen molar-refractivity contribution in [2.45, 2.75) is 5.92 Å². The molecular weight excluding hydrogens is 172 g/mol. The second-order valence-corrected chi connectivity index (χ2v) is 3.02. The number of hydrogen-bond donors (Lipinski definition) is 0. The number of rotatable bonds is 4. The predicted molar refractivity (Wildman–Crippen MR) is 61.4 cm³/mol. The highest BCUT2D eigenvalue weighted by molar-refractivity contribution is 5.59. The molecule has 0 saturated carbocycles. The van der Waals surface area contributed by atoms with E-state index in [0.29, 0.717) is 0 Å². The maximum atomic E-state index is 5.33. The number of ether oxygens (including phenoxy) is 1. The van der Waals surface area contributed by atoms with Gasteiger partial charge in [-0.15, -0.1) is 6.58 Å². The van der Waals surface area contributed by atoms with Crippen LogP contribution in [-0.4, -0.2) is 7.11 Å². The molecule has 0 bridgehead atoms. The summed E-state index contributed by atoms with van der Waals surface area (Å²) in [4.78, 5) is 0. The standard InChI is InChI=1S/C13H15O/c1-5-10(3)12-9-7-8-11(6-2)13(12)14-4/h5-10H,1-3H2,4H3. The average Bonchev–Trinajstić information content (AvgIpc) is 2.26. The number of benzene rings is 1. The summed E-state index contributed by atoms with van der Waals surface area (Å²) < 4.78 is 5.33. The Hall–Kier alpha value is -1.50. The zero-order valence-electron chi connectivity index (χ0n) is 8.49. The molecule has 0 amide bonds. The van der Waals surface area contributed by atoms with Crippen LogP contribution in [0.15, 0.2) is 37.4 Å². The van der Waals surface area contributed by atoms with Crippen molar-refractivity contribution in [3.8, 4) is 5.75 Å². The fraction of sp³-hybridized carbons (Fsp3) is 0.154. The van der Waals surface area contributed by atoms with Gasteiger partial charge in [0, 0.05) is 17.0 Å². The van der Waals surface area contributed by atoms with Crippen LogP contribution in [-0.2, 0) is 0 Å². The first-order chi connectivity index (χ1) is 6.74. The van der Waals surface area contributed by atoms with E-state index in [4.69, 9.17) is 4.74 Å². The summed E-state index contributed by atoms with van der Waals surface area (Å²) in [6.07, 6.45) is 3.57. The van der Waals surface area contributed by atoms with Crippen molar-refractivity contribution in [1.29, 1.82) is 0 Å². The third kappa shape index (κ3) is 1.87. The smallest absolute Gasteiger partial charge is 0.129 e. The molecule has 1 heteroatoms. The first kappa shape index (κ1) is 10.6. The van der Waals surface area contributed by atoms with Gasteiger partial charge in [-0.2, -0.15) is 0 Å². The number of allylic oxidation sites excluding steroid dienone is 1. The molecule has 1 atom stereocenters. The van der Waals surface area contributed by atoms with Gasteiger partial charge in [-0.1, -0.05) is 36.9 Å². The maximum Gasteiger partial charge on any atom is 0.129 e. The second-order valence-electron chi connectivity index (χ2n) is 3.02. The Bertz CT molecular complexity index is 339. The van der Waals surface area contributed by atoms with Crippen LogP contribution < -0.4 is 4.74 Å². The highest BCUT2D eigenvalue weighted by atomic mass is 16.5. The molecule has 0 heterocycles. The lowest BCUT2D eigenvalue weighted by Crippen LogP contribution is -1.97. The number of hydrogen-bond acceptors (Lipinski definition) is 1. The molecule has 0 fully saturated rings. The van der Waals surface area contributed by atoms with E-state index in [0.717, 1.165) is 16.9 Å². The van der Waals surface area contributed by atoms with Crippen LogP contribution in [0.5, 0.6) is 5.75 Å². The topological polar surface area (TPSA) is 9.23 Å². The lowest BCUT2D eigenvalue weighted by atomic mass is 9.97. The highest BCUT2D eigenvalue weighted by Crippen LogP contribution is 2.30. The Morgan fingerprint density at radius 3 is 2.57 bits per heavy atom. The van der Waals surface area contributed by atoms with Crippen molar-refractivity contribution >= 4 is 6.08 Å². The lowest BCUT2D eigenvalue weighted by Gasteiger charge is -2.14. The molecule has 0 spiro atoms. The Balaban J connectivity index is 3.27. The molecule has 1 unspecified atom stereocenters. The first-order valence-corrected chi connectivity index (χ1v) is 4.49. The molecule has 1 radical (unpaired) electrons. The fourth-order valence-electron chi connectivity index (χ4n) is 1.39.